The van der Waals surface area contributed by atoms with Crippen LogP contribution in [0.15, 0.2) is 30.5 Å². The van der Waals surface area contributed by atoms with E-state index in [1.165, 1.54) is 15.8 Å². The summed E-state index contributed by atoms with van der Waals surface area (Å²) in [5.41, 5.74) is 2.68. The molecular weight excluding hydrogens is 674 g/mol. The number of hydrogen-bond acceptors (Lipinski definition) is 11. The first-order chi connectivity index (χ1) is 24.7. The number of benzene rings is 1. The van der Waals surface area contributed by atoms with Crippen LogP contribution in [0, 0.1) is 5.92 Å². The fraction of sp³-hybridized carbons (Fsp3) is 0.639. The van der Waals surface area contributed by atoms with Gasteiger partial charge < -0.3 is 41.0 Å². The summed E-state index contributed by atoms with van der Waals surface area (Å²) < 4.78 is 12.1. The predicted octanol–water partition coefficient (Wildman–Crippen LogP) is 0.354. The van der Waals surface area contributed by atoms with E-state index in [2.05, 4.69) is 20.9 Å². The SMILES string of the molecule is CC(C)(O)c1cnnn1[C@H]1C[C@@H](C(=O)NC2(C(=O)C(N)=O)CCOCC2)N(C(=O)[C@@H](CC2CCCCC2)NC(=O)c2ccc(C3(O)COC3)cc2)C1. The van der Waals surface area contributed by atoms with Crippen LogP contribution in [0.1, 0.15) is 99.3 Å². The molecule has 0 spiro atoms. The average Bonchev–Trinajstić information content (AvgIpc) is 3.79. The van der Waals surface area contributed by atoms with Crippen molar-refractivity contribution in [1.29, 1.82) is 0 Å². The van der Waals surface area contributed by atoms with E-state index in [1.54, 1.807) is 38.1 Å². The van der Waals surface area contributed by atoms with Crippen LogP contribution in [-0.2, 0) is 39.9 Å². The minimum absolute atomic E-state index is 0.00434. The number of ether oxygens (including phenoxy) is 2. The normalized spacial score (nSPS) is 23.7. The molecule has 1 aromatic heterocycles. The quantitative estimate of drug-likeness (QED) is 0.188. The van der Waals surface area contributed by atoms with Gasteiger partial charge in [0.15, 0.2) is 0 Å². The van der Waals surface area contributed by atoms with E-state index in [9.17, 15) is 34.2 Å². The number of likely N-dealkylation sites (tertiary alicyclic amines) is 1. The number of nitrogens with one attached hydrogen (secondary N) is 2. The lowest BCUT2D eigenvalue weighted by Gasteiger charge is -2.37. The third-order valence-corrected chi connectivity index (χ3v) is 11.0. The minimum Gasteiger partial charge on any atom is -0.384 e. The van der Waals surface area contributed by atoms with E-state index >= 15 is 0 Å². The summed E-state index contributed by atoms with van der Waals surface area (Å²) in [6.45, 7) is 3.72. The monoisotopic (exact) mass is 723 g/mol. The van der Waals surface area contributed by atoms with Gasteiger partial charge in [-0.3, -0.25) is 24.0 Å². The first-order valence-corrected chi connectivity index (χ1v) is 18.1. The Morgan fingerprint density at radius 3 is 2.31 bits per heavy atom. The summed E-state index contributed by atoms with van der Waals surface area (Å²) in [4.78, 5) is 69.5. The van der Waals surface area contributed by atoms with Gasteiger partial charge in [-0.25, -0.2) is 4.68 Å². The molecule has 6 rings (SSSR count). The Kier molecular flexibility index (Phi) is 10.8. The topological polar surface area (TPSA) is 228 Å². The number of primary amides is 1. The zero-order valence-electron chi connectivity index (χ0n) is 29.7. The first kappa shape index (κ1) is 37.5. The number of carbonyl (C=O) groups is 5. The number of aromatic nitrogens is 3. The van der Waals surface area contributed by atoms with Crippen molar-refractivity contribution in [3.05, 3.63) is 47.3 Å². The third-order valence-electron chi connectivity index (χ3n) is 11.0. The molecule has 3 saturated heterocycles. The Morgan fingerprint density at radius 1 is 1.04 bits per heavy atom. The van der Waals surface area contributed by atoms with Crippen molar-refractivity contribution in [2.24, 2.45) is 11.7 Å². The molecule has 0 radical (unpaired) electrons. The van der Waals surface area contributed by atoms with Crippen LogP contribution < -0.4 is 16.4 Å². The molecule has 6 N–H and O–H groups in total. The summed E-state index contributed by atoms with van der Waals surface area (Å²) in [5, 5.41) is 35.5. The van der Waals surface area contributed by atoms with Crippen molar-refractivity contribution in [1.82, 2.24) is 30.5 Å². The highest BCUT2D eigenvalue weighted by Gasteiger charge is 2.49. The van der Waals surface area contributed by atoms with Crippen LogP contribution >= 0.6 is 0 Å². The van der Waals surface area contributed by atoms with E-state index < -0.39 is 64.3 Å². The highest BCUT2D eigenvalue weighted by molar-refractivity contribution is 6.39. The number of amides is 4. The minimum atomic E-state index is -1.60. The molecule has 3 atom stereocenters. The molecule has 1 aliphatic carbocycles. The molecule has 4 heterocycles. The van der Waals surface area contributed by atoms with Crippen molar-refractivity contribution in [3.63, 3.8) is 0 Å². The summed E-state index contributed by atoms with van der Waals surface area (Å²) in [7, 11) is 0. The largest absolute Gasteiger partial charge is 0.384 e. The van der Waals surface area contributed by atoms with Gasteiger partial charge in [-0.1, -0.05) is 49.5 Å². The van der Waals surface area contributed by atoms with Gasteiger partial charge in [-0.2, -0.15) is 0 Å². The van der Waals surface area contributed by atoms with E-state index in [4.69, 9.17) is 15.2 Å². The Hall–Kier alpha value is -4.25. The van der Waals surface area contributed by atoms with E-state index in [1.807, 2.05) is 0 Å². The standard InChI is InChI=1S/C36H49N7O9/c1-34(2,49)28-18-38-41-43(28)25-17-27(32(47)40-35(29(44)30(37)45)12-14-51-15-13-35)42(19-25)33(48)26(16-22-6-4-3-5-7-22)39-31(46)23-8-10-24(11-9-23)36(50)20-52-21-36/h8-11,18,22,25-27,49-50H,3-7,12-17,19-21H2,1-2H3,(H2,37,45)(H,39,46)(H,40,47)/t25-,26+,27-/m0/s1. The predicted molar refractivity (Wildman–Crippen MR) is 183 cm³/mol. The van der Waals surface area contributed by atoms with Crippen molar-refractivity contribution in [2.75, 3.05) is 33.0 Å². The Morgan fingerprint density at radius 2 is 1.71 bits per heavy atom. The molecule has 1 aromatic carbocycles. The van der Waals surface area contributed by atoms with Crippen LogP contribution in [-0.4, -0.2) is 110 Å². The molecule has 0 unspecified atom stereocenters. The van der Waals surface area contributed by atoms with Crippen LogP contribution in [0.25, 0.3) is 0 Å². The third kappa shape index (κ3) is 7.75. The van der Waals surface area contributed by atoms with Gasteiger partial charge >= 0.3 is 0 Å². The second-order valence-corrected chi connectivity index (χ2v) is 15.3. The molecule has 2 aromatic rings. The van der Waals surface area contributed by atoms with E-state index in [0.717, 1.165) is 32.1 Å². The van der Waals surface area contributed by atoms with Gasteiger partial charge in [0.05, 0.1) is 31.1 Å². The molecule has 1 saturated carbocycles. The highest BCUT2D eigenvalue weighted by Crippen LogP contribution is 2.35. The molecule has 3 aliphatic heterocycles. The molecule has 16 heteroatoms. The molecule has 4 fully saturated rings. The van der Waals surface area contributed by atoms with Gasteiger partial charge in [0.25, 0.3) is 11.8 Å². The molecule has 52 heavy (non-hydrogen) atoms. The number of aliphatic hydroxyl groups is 2. The van der Waals surface area contributed by atoms with Gasteiger partial charge in [0.1, 0.15) is 28.8 Å². The molecule has 0 bridgehead atoms. The lowest BCUT2D eigenvalue weighted by molar-refractivity contribution is -0.184. The van der Waals surface area contributed by atoms with Crippen LogP contribution in [0.2, 0.25) is 0 Å². The molecule has 16 nitrogen and oxygen atoms in total. The second-order valence-electron chi connectivity index (χ2n) is 15.3. The lowest BCUT2D eigenvalue weighted by atomic mass is 9.84. The highest BCUT2D eigenvalue weighted by atomic mass is 16.5. The van der Waals surface area contributed by atoms with Gasteiger partial charge in [-0.15, -0.1) is 5.10 Å². The van der Waals surface area contributed by atoms with Crippen molar-refractivity contribution in [2.45, 2.75) is 107 Å². The van der Waals surface area contributed by atoms with Crippen molar-refractivity contribution < 1.29 is 43.7 Å². The number of ketones is 1. The summed E-state index contributed by atoms with van der Waals surface area (Å²) in [5.74, 6) is -3.58. The van der Waals surface area contributed by atoms with Gasteiger partial charge in [0, 0.05) is 44.6 Å². The van der Waals surface area contributed by atoms with Crippen LogP contribution in [0.4, 0.5) is 0 Å². The van der Waals surface area contributed by atoms with E-state index in [0.29, 0.717) is 23.2 Å². The fourth-order valence-corrected chi connectivity index (χ4v) is 7.93. The number of Topliss-reactive ketones (excluding diaryl/α,β-unsaturated/α-hetero) is 1. The van der Waals surface area contributed by atoms with E-state index in [-0.39, 0.29) is 58.2 Å². The van der Waals surface area contributed by atoms with Gasteiger partial charge in [0.2, 0.25) is 17.6 Å². The van der Waals surface area contributed by atoms with Crippen LogP contribution in [0.5, 0.6) is 0 Å². The number of rotatable bonds is 12. The maximum Gasteiger partial charge on any atom is 0.287 e. The number of nitrogens with two attached hydrogens (primary N) is 1. The number of hydrogen-bond donors (Lipinski definition) is 5. The summed E-state index contributed by atoms with van der Waals surface area (Å²) >= 11 is 0. The Labute approximate surface area is 301 Å². The van der Waals surface area contributed by atoms with Crippen molar-refractivity contribution in [3.8, 4) is 0 Å². The van der Waals surface area contributed by atoms with Gasteiger partial charge in [-0.05, 0) is 43.9 Å². The average molecular weight is 724 g/mol. The van der Waals surface area contributed by atoms with Crippen molar-refractivity contribution >= 4 is 29.4 Å². The lowest BCUT2D eigenvalue weighted by Crippen LogP contribution is -2.64. The molecular formula is C36H49N7O9. The van der Waals surface area contributed by atoms with Crippen LogP contribution in [0.3, 0.4) is 0 Å². The first-order valence-electron chi connectivity index (χ1n) is 18.1. The smallest absolute Gasteiger partial charge is 0.287 e. The maximum absolute atomic E-state index is 14.8. The zero-order valence-corrected chi connectivity index (χ0v) is 29.7. The summed E-state index contributed by atoms with van der Waals surface area (Å²) in [6, 6.07) is 3.79. The summed E-state index contributed by atoms with van der Waals surface area (Å²) in [6.07, 6.45) is 6.81. The Balaban J connectivity index is 1.30. The molecule has 4 aliphatic rings. The number of carbonyl (C=O) groups excluding carboxylic acids is 5. The maximum atomic E-state index is 14.8. The molecule has 282 valence electrons. The zero-order chi connectivity index (χ0) is 37.3. The fourth-order valence-electron chi connectivity index (χ4n) is 7.93. The molecule has 4 amide bonds. The second kappa shape index (κ2) is 15.0. The Bertz CT molecular complexity index is 1650. The number of nitrogens with zero attached hydrogens (tertiary/aromatic N) is 4.